The molecule has 0 radical (unpaired) electrons. The molecule has 1 aromatic rings. The highest BCUT2D eigenvalue weighted by Gasteiger charge is 2.23. The van der Waals surface area contributed by atoms with Crippen LogP contribution in [0.1, 0.15) is 45.1 Å². The highest BCUT2D eigenvalue weighted by molar-refractivity contribution is 9.10. The fourth-order valence-corrected chi connectivity index (χ4v) is 2.92. The van der Waals surface area contributed by atoms with E-state index in [9.17, 15) is 4.79 Å². The molecule has 1 aliphatic heterocycles. The molecular weight excluding hydrogens is 352 g/mol. The van der Waals surface area contributed by atoms with Gasteiger partial charge in [-0.25, -0.2) is 0 Å². The van der Waals surface area contributed by atoms with E-state index in [1.807, 2.05) is 38.1 Å². The number of hydrogen-bond donors (Lipinski definition) is 2. The summed E-state index contributed by atoms with van der Waals surface area (Å²) in [5.74, 6) is 0.131. The van der Waals surface area contributed by atoms with Gasteiger partial charge in [-0.3, -0.25) is 4.79 Å². The molecule has 0 aromatic heterocycles. The minimum atomic E-state index is -0.332. The lowest BCUT2D eigenvalue weighted by molar-refractivity contribution is -0.123. The van der Waals surface area contributed by atoms with Crippen molar-refractivity contribution in [3.05, 3.63) is 34.3 Å². The molecule has 5 heteroatoms. The van der Waals surface area contributed by atoms with Gasteiger partial charge >= 0.3 is 0 Å². The molecule has 0 saturated carbocycles. The molecule has 1 heterocycles. The van der Waals surface area contributed by atoms with E-state index in [4.69, 9.17) is 0 Å². The first-order valence-corrected chi connectivity index (χ1v) is 8.07. The Morgan fingerprint density at radius 1 is 1.38 bits per heavy atom. The normalized spacial score (nSPS) is 18.1. The van der Waals surface area contributed by atoms with Crippen LogP contribution in [0.3, 0.4) is 0 Å². The first kappa shape index (κ1) is 18.5. The number of carbonyl (C=O) groups excluding carboxylic acids is 1. The Hall–Kier alpha value is -0.580. The van der Waals surface area contributed by atoms with Crippen LogP contribution < -0.4 is 10.6 Å². The summed E-state index contributed by atoms with van der Waals surface area (Å²) in [5.41, 5.74) is 0.786. The fraction of sp³-hybridized carbons (Fsp3) is 0.562. The maximum atomic E-state index is 12.1. The molecule has 0 spiro atoms. The van der Waals surface area contributed by atoms with E-state index in [2.05, 4.69) is 26.6 Å². The van der Waals surface area contributed by atoms with E-state index in [1.165, 1.54) is 12.8 Å². The maximum Gasteiger partial charge on any atom is 0.220 e. The van der Waals surface area contributed by atoms with E-state index < -0.39 is 0 Å². The molecule has 1 fully saturated rings. The van der Waals surface area contributed by atoms with Crippen LogP contribution in [0.5, 0.6) is 0 Å². The van der Waals surface area contributed by atoms with Gasteiger partial charge in [0, 0.05) is 16.9 Å². The number of rotatable bonds is 5. The Labute approximate surface area is 141 Å². The van der Waals surface area contributed by atoms with E-state index >= 15 is 0 Å². The summed E-state index contributed by atoms with van der Waals surface area (Å²) in [6, 6.07) is 8.62. The van der Waals surface area contributed by atoms with Crippen LogP contribution in [0.25, 0.3) is 0 Å². The summed E-state index contributed by atoms with van der Waals surface area (Å²) < 4.78 is 1.05. The van der Waals surface area contributed by atoms with Crippen molar-refractivity contribution >= 4 is 34.2 Å². The molecule has 21 heavy (non-hydrogen) atoms. The van der Waals surface area contributed by atoms with Gasteiger partial charge in [-0.05, 0) is 57.4 Å². The zero-order chi connectivity index (χ0) is 14.6. The summed E-state index contributed by atoms with van der Waals surface area (Å²) in [6.07, 6.45) is 3.96. The fourth-order valence-electron chi connectivity index (χ4n) is 2.66. The maximum absolute atomic E-state index is 12.1. The third-order valence-electron chi connectivity index (χ3n) is 3.90. The van der Waals surface area contributed by atoms with Crippen LogP contribution in [0.15, 0.2) is 28.7 Å². The number of benzene rings is 1. The van der Waals surface area contributed by atoms with Crippen molar-refractivity contribution in [3.8, 4) is 0 Å². The number of nitrogens with one attached hydrogen (secondary N) is 2. The van der Waals surface area contributed by atoms with Gasteiger partial charge < -0.3 is 10.6 Å². The third-order valence-corrected chi connectivity index (χ3v) is 4.43. The van der Waals surface area contributed by atoms with Gasteiger partial charge in [0.15, 0.2) is 0 Å². The molecule has 118 valence electrons. The minimum Gasteiger partial charge on any atom is -0.347 e. The molecule has 0 bridgehead atoms. The summed E-state index contributed by atoms with van der Waals surface area (Å²) in [6.45, 7) is 5.18. The monoisotopic (exact) mass is 374 g/mol. The zero-order valence-electron chi connectivity index (χ0n) is 12.6. The predicted molar refractivity (Wildman–Crippen MR) is 92.8 cm³/mol. The zero-order valence-corrected chi connectivity index (χ0v) is 15.0. The average molecular weight is 376 g/mol. The van der Waals surface area contributed by atoms with Crippen molar-refractivity contribution in [2.45, 2.75) is 51.1 Å². The third kappa shape index (κ3) is 5.61. The van der Waals surface area contributed by atoms with Gasteiger partial charge in [-0.15, -0.1) is 12.4 Å². The van der Waals surface area contributed by atoms with Gasteiger partial charge in [0.05, 0.1) is 5.54 Å². The molecule has 2 N–H and O–H groups in total. The molecule has 3 nitrogen and oxygen atoms in total. The lowest BCUT2D eigenvalue weighted by Crippen LogP contribution is -2.41. The Balaban J connectivity index is 0.00000220. The van der Waals surface area contributed by atoms with Crippen molar-refractivity contribution < 1.29 is 4.79 Å². The number of amides is 1. The minimum absolute atomic E-state index is 0. The van der Waals surface area contributed by atoms with E-state index in [-0.39, 0.29) is 23.9 Å². The van der Waals surface area contributed by atoms with Crippen molar-refractivity contribution in [2.24, 2.45) is 0 Å². The van der Waals surface area contributed by atoms with Gasteiger partial charge in [0.1, 0.15) is 0 Å². The first-order valence-electron chi connectivity index (χ1n) is 7.28. The highest BCUT2D eigenvalue weighted by atomic mass is 79.9. The van der Waals surface area contributed by atoms with Crippen LogP contribution in [0.2, 0.25) is 0 Å². The molecule has 1 aromatic carbocycles. The summed E-state index contributed by atoms with van der Waals surface area (Å²) >= 11 is 3.43. The summed E-state index contributed by atoms with van der Waals surface area (Å²) in [7, 11) is 0. The molecule has 1 amide bonds. The molecule has 1 aliphatic rings. The van der Waals surface area contributed by atoms with Crippen molar-refractivity contribution in [1.29, 1.82) is 0 Å². The second-order valence-electron chi connectivity index (χ2n) is 6.01. The molecular formula is C16H24BrClN2O. The van der Waals surface area contributed by atoms with Crippen LogP contribution in [0.4, 0.5) is 0 Å². The number of hydrogen-bond acceptors (Lipinski definition) is 2. The second-order valence-corrected chi connectivity index (χ2v) is 6.93. The van der Waals surface area contributed by atoms with Crippen molar-refractivity contribution in [1.82, 2.24) is 10.6 Å². The Morgan fingerprint density at radius 3 is 2.62 bits per heavy atom. The van der Waals surface area contributed by atoms with Crippen LogP contribution >= 0.6 is 28.3 Å². The van der Waals surface area contributed by atoms with Gasteiger partial charge in [0.2, 0.25) is 5.91 Å². The number of halogens is 2. The topological polar surface area (TPSA) is 41.1 Å². The predicted octanol–water partition coefficient (Wildman–Crippen LogP) is 3.75. The highest BCUT2D eigenvalue weighted by Crippen LogP contribution is 2.22. The molecule has 1 saturated heterocycles. The lowest BCUT2D eigenvalue weighted by atomic mass is 9.94. The second kappa shape index (κ2) is 8.16. The Kier molecular flexibility index (Phi) is 7.17. The van der Waals surface area contributed by atoms with Crippen LogP contribution in [-0.4, -0.2) is 18.5 Å². The van der Waals surface area contributed by atoms with E-state index in [1.54, 1.807) is 0 Å². The van der Waals surface area contributed by atoms with E-state index in [0.717, 1.165) is 23.0 Å². The lowest BCUT2D eigenvalue weighted by Gasteiger charge is -2.27. The Morgan fingerprint density at radius 2 is 2.05 bits per heavy atom. The molecule has 1 atom stereocenters. The summed E-state index contributed by atoms with van der Waals surface area (Å²) in [4.78, 5) is 12.1. The van der Waals surface area contributed by atoms with Gasteiger partial charge in [-0.1, -0.05) is 28.1 Å². The van der Waals surface area contributed by atoms with Crippen LogP contribution in [-0.2, 0) is 10.3 Å². The van der Waals surface area contributed by atoms with Crippen LogP contribution in [0, 0.1) is 0 Å². The van der Waals surface area contributed by atoms with Gasteiger partial charge in [-0.2, -0.15) is 0 Å². The Bertz CT molecular complexity index is 456. The largest absolute Gasteiger partial charge is 0.347 e. The average Bonchev–Trinajstić information content (AvgIpc) is 2.89. The first-order chi connectivity index (χ1) is 9.47. The standard InChI is InChI=1S/C16H23BrN2O.ClH/c1-16(2,12-5-7-13(17)8-6-12)19-15(20)10-9-14-4-3-11-18-14;/h5-8,14,18H,3-4,9-11H2,1-2H3,(H,19,20);1H. The van der Waals surface area contributed by atoms with Crippen molar-refractivity contribution in [2.75, 3.05) is 6.54 Å². The van der Waals surface area contributed by atoms with E-state index in [0.29, 0.717) is 12.5 Å². The number of carbonyl (C=O) groups is 1. The smallest absolute Gasteiger partial charge is 0.220 e. The molecule has 1 unspecified atom stereocenters. The quantitative estimate of drug-likeness (QED) is 0.823. The molecule has 2 rings (SSSR count). The van der Waals surface area contributed by atoms with Crippen molar-refractivity contribution in [3.63, 3.8) is 0 Å². The van der Waals surface area contributed by atoms with Gasteiger partial charge in [0.25, 0.3) is 0 Å². The molecule has 0 aliphatic carbocycles. The summed E-state index contributed by atoms with van der Waals surface area (Å²) in [5, 5.41) is 6.56. The SMILES string of the molecule is CC(C)(NC(=O)CCC1CCCN1)c1ccc(Br)cc1.Cl.